The van der Waals surface area contributed by atoms with E-state index in [4.69, 9.17) is 11.6 Å². The normalized spacial score (nSPS) is 13.8. The molecule has 1 N–H and O–H groups in total. The van der Waals surface area contributed by atoms with E-state index in [2.05, 4.69) is 18.6 Å². The van der Waals surface area contributed by atoms with Crippen molar-refractivity contribution in [2.45, 2.75) is 44.8 Å². The highest BCUT2D eigenvalue weighted by Crippen LogP contribution is 2.27. The van der Waals surface area contributed by atoms with Crippen molar-refractivity contribution in [3.8, 4) is 0 Å². The Hall–Kier alpha value is -1.58. The van der Waals surface area contributed by atoms with Crippen molar-refractivity contribution < 1.29 is 5.11 Å². The van der Waals surface area contributed by atoms with Crippen LogP contribution in [-0.2, 0) is 13.0 Å². The summed E-state index contributed by atoms with van der Waals surface area (Å²) < 4.78 is 1.99. The summed E-state index contributed by atoms with van der Waals surface area (Å²) in [5.41, 5.74) is 2.23. The van der Waals surface area contributed by atoms with E-state index in [1.807, 2.05) is 35.0 Å². The number of hydrogen-bond donors (Lipinski definition) is 1. The third-order valence-corrected chi connectivity index (χ3v) is 4.06. The zero-order valence-electron chi connectivity index (χ0n) is 13.0. The molecule has 0 saturated carbocycles. The topological polar surface area (TPSA) is 38.1 Å². The Balaban J connectivity index is 2.27. The molecular weight excluding hydrogens is 296 g/mol. The summed E-state index contributed by atoms with van der Waals surface area (Å²) >= 11 is 5.95. The van der Waals surface area contributed by atoms with Crippen LogP contribution in [0, 0.1) is 0 Å². The van der Waals surface area contributed by atoms with Gasteiger partial charge in [-0.15, -0.1) is 6.58 Å². The minimum absolute atomic E-state index is 0.00627. The van der Waals surface area contributed by atoms with Crippen molar-refractivity contribution in [3.63, 3.8) is 0 Å². The number of halogens is 1. The fraction of sp³-hybridized carbons (Fsp3) is 0.389. The van der Waals surface area contributed by atoms with Crippen LogP contribution in [0.5, 0.6) is 0 Å². The number of aliphatic hydroxyl groups excluding tert-OH is 1. The SMILES string of the molecule is C=CC[C@@H](O)[C@H](Cc1ccc(Cl)cc1)c1ccnn1CCC. The molecule has 0 aliphatic rings. The lowest BCUT2D eigenvalue weighted by molar-refractivity contribution is 0.141. The third-order valence-electron chi connectivity index (χ3n) is 3.81. The van der Waals surface area contributed by atoms with Crippen LogP contribution in [0.3, 0.4) is 0 Å². The summed E-state index contributed by atoms with van der Waals surface area (Å²) in [7, 11) is 0. The summed E-state index contributed by atoms with van der Waals surface area (Å²) in [6, 6.07) is 9.80. The van der Waals surface area contributed by atoms with Crippen molar-refractivity contribution >= 4 is 11.6 Å². The molecule has 2 rings (SSSR count). The maximum absolute atomic E-state index is 10.6. The Bertz CT molecular complexity index is 591. The van der Waals surface area contributed by atoms with Gasteiger partial charge in [0.15, 0.2) is 0 Å². The molecule has 1 heterocycles. The quantitative estimate of drug-likeness (QED) is 0.740. The van der Waals surface area contributed by atoms with Gasteiger partial charge in [-0.1, -0.05) is 36.7 Å². The maximum atomic E-state index is 10.6. The second kappa shape index (κ2) is 8.16. The minimum Gasteiger partial charge on any atom is -0.392 e. The smallest absolute Gasteiger partial charge is 0.0661 e. The van der Waals surface area contributed by atoms with E-state index in [1.165, 1.54) is 0 Å². The molecule has 2 atom stereocenters. The van der Waals surface area contributed by atoms with Gasteiger partial charge in [0.25, 0.3) is 0 Å². The van der Waals surface area contributed by atoms with Crippen molar-refractivity contribution in [3.05, 3.63) is 65.5 Å². The fourth-order valence-electron chi connectivity index (χ4n) is 2.70. The lowest BCUT2D eigenvalue weighted by atomic mass is 9.89. The Morgan fingerprint density at radius 2 is 2.05 bits per heavy atom. The lowest BCUT2D eigenvalue weighted by Gasteiger charge is -2.23. The van der Waals surface area contributed by atoms with Crippen molar-refractivity contribution in [2.24, 2.45) is 0 Å². The maximum Gasteiger partial charge on any atom is 0.0661 e. The lowest BCUT2D eigenvalue weighted by Crippen LogP contribution is -2.23. The Kier molecular flexibility index (Phi) is 6.22. The molecule has 0 fully saturated rings. The number of aryl methyl sites for hydroxylation is 1. The molecule has 1 aromatic heterocycles. The largest absolute Gasteiger partial charge is 0.392 e. The summed E-state index contributed by atoms with van der Waals surface area (Å²) in [4.78, 5) is 0. The van der Waals surface area contributed by atoms with Gasteiger partial charge in [-0.05, 0) is 43.0 Å². The predicted octanol–water partition coefficient (Wildman–Crippen LogP) is 4.21. The van der Waals surface area contributed by atoms with E-state index in [9.17, 15) is 5.11 Å². The summed E-state index contributed by atoms with van der Waals surface area (Å²) in [5, 5.41) is 15.7. The van der Waals surface area contributed by atoms with E-state index in [0.717, 1.165) is 35.7 Å². The summed E-state index contributed by atoms with van der Waals surface area (Å²) in [5.74, 6) is -0.00627. The molecule has 0 bridgehead atoms. The van der Waals surface area contributed by atoms with Gasteiger partial charge in [-0.25, -0.2) is 0 Å². The van der Waals surface area contributed by atoms with Crippen LogP contribution in [0.1, 0.15) is 36.9 Å². The number of nitrogens with zero attached hydrogens (tertiary/aromatic N) is 2. The second-order valence-electron chi connectivity index (χ2n) is 5.51. The van der Waals surface area contributed by atoms with Gasteiger partial charge >= 0.3 is 0 Å². The number of hydrogen-bond acceptors (Lipinski definition) is 2. The Morgan fingerprint density at radius 3 is 2.68 bits per heavy atom. The van der Waals surface area contributed by atoms with Gasteiger partial charge < -0.3 is 5.11 Å². The summed E-state index contributed by atoms with van der Waals surface area (Å²) in [6.45, 7) is 6.73. The van der Waals surface area contributed by atoms with Crippen LogP contribution >= 0.6 is 11.6 Å². The Morgan fingerprint density at radius 1 is 1.32 bits per heavy atom. The van der Waals surface area contributed by atoms with E-state index in [0.29, 0.717) is 6.42 Å². The number of aliphatic hydroxyl groups is 1. The first-order valence-electron chi connectivity index (χ1n) is 7.70. The first-order valence-corrected chi connectivity index (χ1v) is 8.08. The molecule has 4 heteroatoms. The molecule has 2 aromatic rings. The van der Waals surface area contributed by atoms with Gasteiger partial charge in [0.2, 0.25) is 0 Å². The molecule has 1 aromatic carbocycles. The molecular formula is C18H23ClN2O. The molecule has 0 aliphatic carbocycles. The highest BCUT2D eigenvalue weighted by Gasteiger charge is 2.24. The van der Waals surface area contributed by atoms with Gasteiger partial charge in [-0.2, -0.15) is 5.10 Å². The van der Waals surface area contributed by atoms with Crippen LogP contribution < -0.4 is 0 Å². The van der Waals surface area contributed by atoms with E-state index in [-0.39, 0.29) is 5.92 Å². The van der Waals surface area contributed by atoms with Crippen LogP contribution in [0.15, 0.2) is 49.2 Å². The third kappa shape index (κ3) is 4.21. The van der Waals surface area contributed by atoms with Crippen LogP contribution in [0.25, 0.3) is 0 Å². The van der Waals surface area contributed by atoms with Crippen molar-refractivity contribution in [1.29, 1.82) is 0 Å². The average Bonchev–Trinajstić information content (AvgIpc) is 2.95. The van der Waals surface area contributed by atoms with Crippen molar-refractivity contribution in [2.75, 3.05) is 0 Å². The molecule has 0 spiro atoms. The van der Waals surface area contributed by atoms with E-state index < -0.39 is 6.10 Å². The van der Waals surface area contributed by atoms with Gasteiger partial charge in [0.1, 0.15) is 0 Å². The molecule has 0 amide bonds. The van der Waals surface area contributed by atoms with Gasteiger partial charge in [0.05, 0.1) is 6.10 Å². The molecule has 0 unspecified atom stereocenters. The van der Waals surface area contributed by atoms with Gasteiger partial charge in [0, 0.05) is 29.4 Å². The van der Waals surface area contributed by atoms with Crippen molar-refractivity contribution in [1.82, 2.24) is 9.78 Å². The van der Waals surface area contributed by atoms with Crippen LogP contribution in [0.2, 0.25) is 5.02 Å². The van der Waals surface area contributed by atoms with Crippen LogP contribution in [0.4, 0.5) is 0 Å². The number of benzene rings is 1. The van der Waals surface area contributed by atoms with E-state index >= 15 is 0 Å². The fourth-order valence-corrected chi connectivity index (χ4v) is 2.83. The van der Waals surface area contributed by atoms with Crippen LogP contribution in [-0.4, -0.2) is 21.0 Å². The molecule has 0 aliphatic heterocycles. The molecule has 118 valence electrons. The standard InChI is InChI=1S/C18H23ClN2O/c1-3-5-18(22)16(13-14-6-8-15(19)9-7-14)17-10-11-20-21(17)12-4-2/h3,6-11,16,18,22H,1,4-5,12-13H2,2H3/t16-,18-/m1/s1. The highest BCUT2D eigenvalue weighted by molar-refractivity contribution is 6.30. The average molecular weight is 319 g/mol. The second-order valence-corrected chi connectivity index (χ2v) is 5.94. The number of rotatable bonds is 8. The van der Waals surface area contributed by atoms with Gasteiger partial charge in [-0.3, -0.25) is 4.68 Å². The Labute approximate surface area is 137 Å². The van der Waals surface area contributed by atoms with E-state index in [1.54, 1.807) is 12.3 Å². The molecule has 0 saturated heterocycles. The summed E-state index contributed by atoms with van der Waals surface area (Å²) in [6.07, 6.45) is 5.43. The zero-order chi connectivity index (χ0) is 15.9. The highest BCUT2D eigenvalue weighted by atomic mass is 35.5. The zero-order valence-corrected chi connectivity index (χ0v) is 13.7. The molecule has 0 radical (unpaired) electrons. The minimum atomic E-state index is -0.472. The first-order chi connectivity index (χ1) is 10.7. The number of aromatic nitrogens is 2. The monoisotopic (exact) mass is 318 g/mol. The first kappa shape index (κ1) is 16.8. The predicted molar refractivity (Wildman–Crippen MR) is 91.2 cm³/mol. The molecule has 22 heavy (non-hydrogen) atoms. The molecule has 3 nitrogen and oxygen atoms in total.